The van der Waals surface area contributed by atoms with Crippen molar-refractivity contribution in [1.29, 1.82) is 0 Å². The second-order valence-corrected chi connectivity index (χ2v) is 18.9. The monoisotopic (exact) mass is 863 g/mol. The molecule has 14 rings (SSSR count). The van der Waals surface area contributed by atoms with Crippen LogP contribution in [-0.4, -0.2) is 23.3 Å². The third kappa shape index (κ3) is 5.30. The number of thiophene rings is 1. The number of fused-ring (bicyclic) bond motifs is 12. The Morgan fingerprint density at radius 1 is 0.364 bits per heavy atom. The van der Waals surface area contributed by atoms with E-state index in [4.69, 9.17) is 4.98 Å². The first-order chi connectivity index (χ1) is 32.5. The molecule has 0 aliphatic heterocycles. The van der Waals surface area contributed by atoms with E-state index in [1.165, 1.54) is 108 Å². The first-order valence-corrected chi connectivity index (χ1v) is 23.4. The Balaban J connectivity index is 1.00. The van der Waals surface area contributed by atoms with Crippen molar-refractivity contribution < 1.29 is 0 Å². The molecule has 312 valence electrons. The molecule has 0 spiro atoms. The predicted octanol–water partition coefficient (Wildman–Crippen LogP) is 16.1. The summed E-state index contributed by atoms with van der Waals surface area (Å²) in [5.74, 6) is 0.968. The molecule has 5 heterocycles. The molecule has 0 saturated carbocycles. The summed E-state index contributed by atoms with van der Waals surface area (Å²) < 4.78 is 12.1. The number of para-hydroxylation sites is 4. The normalized spacial score (nSPS) is 12.2. The Morgan fingerprint density at radius 3 is 1.21 bits per heavy atom. The fraction of sp³-hybridized carbons (Fsp3) is 0.0500. The summed E-state index contributed by atoms with van der Waals surface area (Å²) in [6.45, 7) is 6.54. The van der Waals surface area contributed by atoms with Crippen LogP contribution in [0, 0.1) is 20.8 Å². The first kappa shape index (κ1) is 37.2. The van der Waals surface area contributed by atoms with Crippen LogP contribution in [0.25, 0.3) is 120 Å². The molecule has 0 bridgehead atoms. The zero-order valence-corrected chi connectivity index (χ0v) is 37.4. The summed E-state index contributed by atoms with van der Waals surface area (Å²) in [6, 6.07) is 67.6. The van der Waals surface area contributed by atoms with Crippen molar-refractivity contribution in [3.63, 3.8) is 0 Å². The van der Waals surface area contributed by atoms with Gasteiger partial charge in [0.05, 0.1) is 33.1 Å². The highest BCUT2D eigenvalue weighted by Crippen LogP contribution is 2.42. The summed E-state index contributed by atoms with van der Waals surface area (Å²) in [5.41, 5.74) is 16.6. The molecule has 6 heteroatoms. The molecule has 66 heavy (non-hydrogen) atoms. The summed E-state index contributed by atoms with van der Waals surface area (Å²) in [6.07, 6.45) is 4.01. The van der Waals surface area contributed by atoms with Crippen LogP contribution in [0.1, 0.15) is 16.7 Å². The molecule has 0 N–H and O–H groups in total. The zero-order valence-electron chi connectivity index (χ0n) is 36.6. The summed E-state index contributed by atoms with van der Waals surface area (Å²) >= 11 is 1.85. The number of hydrogen-bond acceptors (Lipinski definition) is 2. The molecule has 14 aromatic rings. The second-order valence-electron chi connectivity index (χ2n) is 17.8. The summed E-state index contributed by atoms with van der Waals surface area (Å²) in [7, 11) is 0. The van der Waals surface area contributed by atoms with Gasteiger partial charge in [-0.05, 0) is 129 Å². The lowest BCUT2D eigenvalue weighted by atomic mass is 9.99. The Morgan fingerprint density at radius 2 is 0.742 bits per heavy atom. The van der Waals surface area contributed by atoms with E-state index in [1.807, 2.05) is 17.5 Å². The van der Waals surface area contributed by atoms with E-state index >= 15 is 0 Å². The topological polar surface area (TPSA) is 32.6 Å². The third-order valence-electron chi connectivity index (χ3n) is 13.9. The highest BCUT2D eigenvalue weighted by molar-refractivity contribution is 7.25. The fourth-order valence-electron chi connectivity index (χ4n) is 11.2. The standard InChI is InChI=1S/C60H41N5S/c1-36-30-37(2)59(38(3)31-36)60-61-28-29-62(60)39-22-26-57-49(32-39)50-35-42(23-27-58(50)66-57)65-55-24-20-40(63-51-16-8-4-12-43(51)44-13-5-9-17-52(44)63)33-47(55)48-34-41(21-25-56(48)65)64-53-18-10-6-14-45(53)46-15-7-11-19-54(46)64/h4-35H,1-3H3. The molecular formula is C60H41N5S. The van der Waals surface area contributed by atoms with Gasteiger partial charge in [0.1, 0.15) is 5.82 Å². The average molecular weight is 864 g/mol. The maximum absolute atomic E-state index is 4.91. The molecule has 0 aliphatic rings. The number of nitrogens with zero attached hydrogens (tertiary/aromatic N) is 5. The molecule has 5 nitrogen and oxygen atoms in total. The lowest BCUT2D eigenvalue weighted by molar-refractivity contribution is 1.06. The molecule has 0 fully saturated rings. The molecule has 9 aromatic carbocycles. The van der Waals surface area contributed by atoms with E-state index in [2.05, 4.69) is 227 Å². The van der Waals surface area contributed by atoms with Gasteiger partial charge in [-0.2, -0.15) is 0 Å². The molecule has 0 radical (unpaired) electrons. The van der Waals surface area contributed by atoms with Crippen LogP contribution in [0.3, 0.4) is 0 Å². The summed E-state index contributed by atoms with van der Waals surface area (Å²) in [4.78, 5) is 4.91. The highest BCUT2D eigenvalue weighted by Gasteiger charge is 2.21. The zero-order chi connectivity index (χ0) is 43.8. The van der Waals surface area contributed by atoms with Crippen LogP contribution < -0.4 is 0 Å². The molecular weight excluding hydrogens is 823 g/mol. The number of aromatic nitrogens is 5. The number of hydrogen-bond donors (Lipinski definition) is 0. The van der Waals surface area contributed by atoms with Gasteiger partial charge in [0, 0.05) is 93.2 Å². The lowest BCUT2D eigenvalue weighted by Gasteiger charge is -2.14. The maximum Gasteiger partial charge on any atom is 0.144 e. The second kappa shape index (κ2) is 13.9. The van der Waals surface area contributed by atoms with Gasteiger partial charge in [-0.3, -0.25) is 4.57 Å². The number of benzene rings is 9. The van der Waals surface area contributed by atoms with Crippen molar-refractivity contribution in [2.45, 2.75) is 20.8 Å². The minimum Gasteiger partial charge on any atom is -0.309 e. The van der Waals surface area contributed by atoms with Crippen molar-refractivity contribution in [1.82, 2.24) is 23.3 Å². The van der Waals surface area contributed by atoms with Crippen molar-refractivity contribution in [2.24, 2.45) is 0 Å². The Hall–Kier alpha value is -8.19. The molecule has 0 saturated heterocycles. The number of imidazole rings is 1. The van der Waals surface area contributed by atoms with E-state index in [-0.39, 0.29) is 0 Å². The SMILES string of the molecule is Cc1cc(C)c(-c2nccn2-c2ccc3sc4ccc(-n5c6ccc(-n7c8ccccc8c8ccccc87)cc6c6cc(-n7c8ccccc8c8ccccc87)ccc65)cc4c3c2)c(C)c1. The van der Waals surface area contributed by atoms with Gasteiger partial charge in [-0.25, -0.2) is 4.98 Å². The van der Waals surface area contributed by atoms with Gasteiger partial charge in [0.25, 0.3) is 0 Å². The van der Waals surface area contributed by atoms with E-state index in [1.54, 1.807) is 0 Å². The van der Waals surface area contributed by atoms with Crippen molar-refractivity contribution in [3.8, 4) is 34.1 Å². The van der Waals surface area contributed by atoms with Crippen LogP contribution in [0.15, 0.2) is 194 Å². The molecule has 0 amide bonds. The van der Waals surface area contributed by atoms with E-state index in [0.717, 1.165) is 28.6 Å². The van der Waals surface area contributed by atoms with Crippen LogP contribution in [-0.2, 0) is 0 Å². The largest absolute Gasteiger partial charge is 0.309 e. The quantitative estimate of drug-likeness (QED) is 0.170. The Bertz CT molecular complexity index is 4040. The van der Waals surface area contributed by atoms with E-state index in [9.17, 15) is 0 Å². The van der Waals surface area contributed by atoms with E-state index < -0.39 is 0 Å². The molecule has 0 aliphatic carbocycles. The van der Waals surface area contributed by atoms with Crippen molar-refractivity contribution in [2.75, 3.05) is 0 Å². The Kier molecular flexibility index (Phi) is 7.84. The third-order valence-corrected chi connectivity index (χ3v) is 15.1. The van der Waals surface area contributed by atoms with Gasteiger partial charge >= 0.3 is 0 Å². The first-order valence-electron chi connectivity index (χ1n) is 22.6. The minimum atomic E-state index is 0.968. The molecule has 0 unspecified atom stereocenters. The fourth-order valence-corrected chi connectivity index (χ4v) is 12.3. The minimum absolute atomic E-state index is 0.968. The van der Waals surface area contributed by atoms with Crippen molar-refractivity contribution >= 4 is 96.9 Å². The van der Waals surface area contributed by atoms with Crippen molar-refractivity contribution in [3.05, 3.63) is 211 Å². The molecule has 0 atom stereocenters. The lowest BCUT2D eigenvalue weighted by Crippen LogP contribution is -2.00. The van der Waals surface area contributed by atoms with Gasteiger partial charge < -0.3 is 13.7 Å². The van der Waals surface area contributed by atoms with Gasteiger partial charge in [0.2, 0.25) is 0 Å². The predicted molar refractivity (Wildman–Crippen MR) is 279 cm³/mol. The summed E-state index contributed by atoms with van der Waals surface area (Å²) in [5, 5.41) is 9.94. The van der Waals surface area contributed by atoms with Crippen LogP contribution in [0.5, 0.6) is 0 Å². The van der Waals surface area contributed by atoms with Crippen LogP contribution >= 0.6 is 11.3 Å². The maximum atomic E-state index is 4.91. The number of aryl methyl sites for hydroxylation is 3. The van der Waals surface area contributed by atoms with E-state index in [0.29, 0.717) is 0 Å². The molecule has 5 aromatic heterocycles. The van der Waals surface area contributed by atoms with Gasteiger partial charge in [-0.15, -0.1) is 11.3 Å². The van der Waals surface area contributed by atoms with Gasteiger partial charge in [0.15, 0.2) is 0 Å². The van der Waals surface area contributed by atoms with Crippen LogP contribution in [0.2, 0.25) is 0 Å². The average Bonchev–Trinajstić information content (AvgIpc) is 4.17. The smallest absolute Gasteiger partial charge is 0.144 e. The Labute approximate surface area is 384 Å². The van der Waals surface area contributed by atoms with Gasteiger partial charge in [-0.1, -0.05) is 90.5 Å². The van der Waals surface area contributed by atoms with Crippen LogP contribution in [0.4, 0.5) is 0 Å². The highest BCUT2D eigenvalue weighted by atomic mass is 32.1. The number of rotatable bonds is 5.